The Kier molecular flexibility index (Phi) is 3.51. The maximum atomic E-state index is 11.8. The van der Waals surface area contributed by atoms with Crippen LogP contribution in [-0.2, 0) is 11.3 Å². The van der Waals surface area contributed by atoms with Gasteiger partial charge in [0.05, 0.1) is 0 Å². The third-order valence-electron chi connectivity index (χ3n) is 3.07. The Hall–Kier alpha value is -2.89. The average molecular weight is 282 g/mol. The lowest BCUT2D eigenvalue weighted by Gasteiger charge is -2.07. The molecule has 0 radical (unpaired) electrons. The molecule has 6 nitrogen and oxygen atoms in total. The molecule has 3 aromatic rings. The summed E-state index contributed by atoms with van der Waals surface area (Å²) in [6.07, 6.45) is 0.852. The Labute approximate surface area is 121 Å². The van der Waals surface area contributed by atoms with Gasteiger partial charge in [0.25, 0.3) is 0 Å². The quantitative estimate of drug-likeness (QED) is 0.802. The Balaban J connectivity index is 1.69. The van der Waals surface area contributed by atoms with E-state index in [9.17, 15) is 4.79 Å². The minimum Gasteiger partial charge on any atom is -0.444 e. The first-order valence-electron chi connectivity index (χ1n) is 6.51. The molecule has 0 atom stereocenters. The molecule has 0 saturated carbocycles. The molecular formula is C15H14N4O2. The first-order valence-corrected chi connectivity index (χ1v) is 6.51. The summed E-state index contributed by atoms with van der Waals surface area (Å²) in [4.78, 5) is 15.9. The van der Waals surface area contributed by atoms with Gasteiger partial charge in [0.15, 0.2) is 5.82 Å². The predicted molar refractivity (Wildman–Crippen MR) is 78.0 cm³/mol. The predicted octanol–water partition coefficient (Wildman–Crippen LogP) is 2.79. The van der Waals surface area contributed by atoms with Crippen LogP contribution in [0.5, 0.6) is 0 Å². The maximum Gasteiger partial charge on any atom is 0.413 e. The van der Waals surface area contributed by atoms with Crippen molar-refractivity contribution >= 4 is 17.4 Å². The van der Waals surface area contributed by atoms with Gasteiger partial charge in [0.1, 0.15) is 18.5 Å². The topological polar surface area (TPSA) is 68.5 Å². The van der Waals surface area contributed by atoms with Crippen molar-refractivity contribution in [2.75, 3.05) is 5.32 Å². The van der Waals surface area contributed by atoms with Gasteiger partial charge in [-0.05, 0) is 24.6 Å². The number of aromatic nitrogens is 3. The normalized spacial score (nSPS) is 10.5. The number of aryl methyl sites for hydroxylation is 1. The number of benzene rings is 1. The van der Waals surface area contributed by atoms with Gasteiger partial charge < -0.3 is 4.74 Å². The zero-order valence-electron chi connectivity index (χ0n) is 11.5. The highest BCUT2D eigenvalue weighted by molar-refractivity contribution is 5.88. The number of hydrogen-bond acceptors (Lipinski definition) is 4. The van der Waals surface area contributed by atoms with Crippen molar-refractivity contribution in [2.24, 2.45) is 0 Å². The van der Waals surface area contributed by atoms with Gasteiger partial charge >= 0.3 is 6.09 Å². The molecule has 1 amide bonds. The standard InChI is InChI=1S/C15H14N4O2/c1-11-7-8-13-14(16-10-17-19(11)13)18-15(20)21-9-12-5-3-2-4-6-12/h2-8,10H,9H2,1H3,(H,16,17,18,20). The highest BCUT2D eigenvalue weighted by Gasteiger charge is 2.10. The van der Waals surface area contributed by atoms with Gasteiger partial charge in [-0.2, -0.15) is 5.10 Å². The Morgan fingerprint density at radius 2 is 2.05 bits per heavy atom. The van der Waals surface area contributed by atoms with E-state index in [2.05, 4.69) is 15.4 Å². The second-order valence-electron chi connectivity index (χ2n) is 4.57. The molecule has 1 aromatic carbocycles. The van der Waals surface area contributed by atoms with Crippen LogP contribution in [0.4, 0.5) is 10.6 Å². The SMILES string of the molecule is Cc1ccc2c(NC(=O)OCc3ccccc3)ncnn12. The molecule has 2 heterocycles. The molecule has 0 aliphatic heterocycles. The maximum absolute atomic E-state index is 11.8. The van der Waals surface area contributed by atoms with Crippen molar-refractivity contribution in [3.8, 4) is 0 Å². The molecule has 0 aliphatic carbocycles. The van der Waals surface area contributed by atoms with Crippen molar-refractivity contribution in [3.05, 3.63) is 60.0 Å². The lowest BCUT2D eigenvalue weighted by molar-refractivity contribution is 0.155. The van der Waals surface area contributed by atoms with Crippen LogP contribution in [0.25, 0.3) is 5.52 Å². The minimum absolute atomic E-state index is 0.216. The molecule has 0 unspecified atom stereocenters. The molecule has 0 aliphatic rings. The minimum atomic E-state index is -0.543. The van der Waals surface area contributed by atoms with Crippen LogP contribution in [0.2, 0.25) is 0 Å². The molecule has 0 fully saturated rings. The van der Waals surface area contributed by atoms with E-state index in [1.54, 1.807) is 4.52 Å². The fourth-order valence-electron chi connectivity index (χ4n) is 2.02. The molecule has 21 heavy (non-hydrogen) atoms. The van der Waals surface area contributed by atoms with Gasteiger partial charge in [0.2, 0.25) is 0 Å². The van der Waals surface area contributed by atoms with Crippen molar-refractivity contribution < 1.29 is 9.53 Å². The van der Waals surface area contributed by atoms with Gasteiger partial charge in [-0.15, -0.1) is 0 Å². The molecule has 6 heteroatoms. The van der Waals surface area contributed by atoms with Gasteiger partial charge in [0, 0.05) is 5.69 Å². The van der Waals surface area contributed by atoms with Crippen LogP contribution in [0.15, 0.2) is 48.8 Å². The zero-order chi connectivity index (χ0) is 14.7. The highest BCUT2D eigenvalue weighted by Crippen LogP contribution is 2.15. The molecule has 2 aromatic heterocycles. The number of anilines is 1. The number of amides is 1. The summed E-state index contributed by atoms with van der Waals surface area (Å²) < 4.78 is 6.88. The van der Waals surface area contributed by atoms with Crippen LogP contribution in [0.1, 0.15) is 11.3 Å². The van der Waals surface area contributed by atoms with Gasteiger partial charge in [-0.25, -0.2) is 14.3 Å². The second-order valence-corrected chi connectivity index (χ2v) is 4.57. The monoisotopic (exact) mass is 282 g/mol. The van der Waals surface area contributed by atoms with E-state index in [1.165, 1.54) is 6.33 Å². The van der Waals surface area contributed by atoms with Crippen LogP contribution in [0, 0.1) is 6.92 Å². The number of hydrogen-bond donors (Lipinski definition) is 1. The van der Waals surface area contributed by atoms with Crippen molar-refractivity contribution in [3.63, 3.8) is 0 Å². The summed E-state index contributed by atoms with van der Waals surface area (Å²) in [5.41, 5.74) is 2.62. The van der Waals surface area contributed by atoms with E-state index in [-0.39, 0.29) is 6.61 Å². The Morgan fingerprint density at radius 3 is 2.86 bits per heavy atom. The molecular weight excluding hydrogens is 268 g/mol. The van der Waals surface area contributed by atoms with Crippen molar-refractivity contribution in [2.45, 2.75) is 13.5 Å². The van der Waals surface area contributed by atoms with Gasteiger partial charge in [-0.3, -0.25) is 5.32 Å². The summed E-state index contributed by atoms with van der Waals surface area (Å²) >= 11 is 0. The molecule has 0 bridgehead atoms. The Bertz CT molecular complexity index is 768. The number of carbonyl (C=O) groups is 1. The number of nitrogens with zero attached hydrogens (tertiary/aromatic N) is 3. The molecule has 3 rings (SSSR count). The number of ether oxygens (including phenoxy) is 1. The lowest BCUT2D eigenvalue weighted by atomic mass is 10.2. The smallest absolute Gasteiger partial charge is 0.413 e. The van der Waals surface area contributed by atoms with Crippen LogP contribution in [-0.4, -0.2) is 20.7 Å². The highest BCUT2D eigenvalue weighted by atomic mass is 16.5. The Morgan fingerprint density at radius 1 is 1.24 bits per heavy atom. The number of nitrogens with one attached hydrogen (secondary N) is 1. The summed E-state index contributed by atoms with van der Waals surface area (Å²) in [5.74, 6) is 0.427. The largest absolute Gasteiger partial charge is 0.444 e. The first-order chi connectivity index (χ1) is 10.2. The number of fused-ring (bicyclic) bond motifs is 1. The van der Waals surface area contributed by atoms with E-state index >= 15 is 0 Å². The molecule has 106 valence electrons. The first kappa shape index (κ1) is 13.1. The van der Waals surface area contributed by atoms with E-state index in [0.29, 0.717) is 5.82 Å². The third kappa shape index (κ3) is 2.84. The summed E-state index contributed by atoms with van der Waals surface area (Å²) in [5, 5.41) is 6.75. The van der Waals surface area contributed by atoms with Crippen LogP contribution in [0.3, 0.4) is 0 Å². The molecule has 1 N–H and O–H groups in total. The number of carbonyl (C=O) groups excluding carboxylic acids is 1. The van der Waals surface area contributed by atoms with E-state index < -0.39 is 6.09 Å². The average Bonchev–Trinajstić information content (AvgIpc) is 2.89. The zero-order valence-corrected chi connectivity index (χ0v) is 11.5. The van der Waals surface area contributed by atoms with Crippen LogP contribution < -0.4 is 5.32 Å². The van der Waals surface area contributed by atoms with Crippen molar-refractivity contribution in [1.29, 1.82) is 0 Å². The van der Waals surface area contributed by atoms with Crippen LogP contribution >= 0.6 is 0 Å². The fourth-order valence-corrected chi connectivity index (χ4v) is 2.02. The summed E-state index contributed by atoms with van der Waals surface area (Å²) in [6, 6.07) is 13.3. The van der Waals surface area contributed by atoms with E-state index in [0.717, 1.165) is 16.8 Å². The van der Waals surface area contributed by atoms with E-state index in [4.69, 9.17) is 4.74 Å². The molecule has 0 spiro atoms. The van der Waals surface area contributed by atoms with E-state index in [1.807, 2.05) is 49.4 Å². The third-order valence-corrected chi connectivity index (χ3v) is 3.07. The van der Waals surface area contributed by atoms with Crippen molar-refractivity contribution in [1.82, 2.24) is 14.6 Å². The summed E-state index contributed by atoms with van der Waals surface area (Å²) in [6.45, 7) is 2.14. The fraction of sp³-hybridized carbons (Fsp3) is 0.133. The lowest BCUT2D eigenvalue weighted by Crippen LogP contribution is -2.15. The molecule has 0 saturated heterocycles. The second kappa shape index (κ2) is 5.62. The van der Waals surface area contributed by atoms with Gasteiger partial charge in [-0.1, -0.05) is 30.3 Å². The summed E-state index contributed by atoms with van der Waals surface area (Å²) in [7, 11) is 0. The number of rotatable bonds is 3.